The van der Waals surface area contributed by atoms with Gasteiger partial charge in [-0.1, -0.05) is 178 Å². The molecule has 9 aromatic carbocycles. The Morgan fingerprint density at radius 1 is 0.345 bits per heavy atom. The summed E-state index contributed by atoms with van der Waals surface area (Å²) < 4.78 is 0. The number of hydrogen-bond donors (Lipinski definition) is 0. The highest BCUT2D eigenvalue weighted by molar-refractivity contribution is 6.14. The van der Waals surface area contributed by atoms with E-state index in [4.69, 9.17) is 9.97 Å². The zero-order valence-electron chi connectivity index (χ0n) is 30.7. The van der Waals surface area contributed by atoms with Crippen LogP contribution in [-0.4, -0.2) is 9.97 Å². The van der Waals surface area contributed by atoms with Crippen LogP contribution >= 0.6 is 0 Å². The van der Waals surface area contributed by atoms with Crippen molar-refractivity contribution in [2.45, 2.75) is 19.3 Å². The van der Waals surface area contributed by atoms with Crippen LogP contribution in [0.5, 0.6) is 0 Å². The molecule has 0 saturated heterocycles. The summed E-state index contributed by atoms with van der Waals surface area (Å²) in [7, 11) is 0. The van der Waals surface area contributed by atoms with Gasteiger partial charge in [0.1, 0.15) is 0 Å². The van der Waals surface area contributed by atoms with E-state index >= 15 is 0 Å². The van der Waals surface area contributed by atoms with E-state index in [0.717, 1.165) is 28.1 Å². The first kappa shape index (κ1) is 31.6. The van der Waals surface area contributed by atoms with Crippen LogP contribution in [0.4, 0.5) is 0 Å². The fourth-order valence-corrected chi connectivity index (χ4v) is 9.26. The summed E-state index contributed by atoms with van der Waals surface area (Å²) in [6.45, 7) is 4.74. The third-order valence-corrected chi connectivity index (χ3v) is 11.9. The molecule has 0 unspecified atom stereocenters. The van der Waals surface area contributed by atoms with Gasteiger partial charge in [-0.2, -0.15) is 0 Å². The highest BCUT2D eigenvalue weighted by Crippen LogP contribution is 2.52. The van der Waals surface area contributed by atoms with Crippen molar-refractivity contribution in [3.8, 4) is 56.2 Å². The van der Waals surface area contributed by atoms with Crippen molar-refractivity contribution in [1.29, 1.82) is 0 Å². The quantitative estimate of drug-likeness (QED) is 0.171. The first-order valence-corrected chi connectivity index (χ1v) is 19.1. The van der Waals surface area contributed by atoms with Crippen molar-refractivity contribution in [3.05, 3.63) is 193 Å². The lowest BCUT2D eigenvalue weighted by Gasteiger charge is -2.23. The Labute approximate surface area is 320 Å². The Balaban J connectivity index is 1.11. The zero-order chi connectivity index (χ0) is 36.7. The predicted molar refractivity (Wildman–Crippen MR) is 231 cm³/mol. The van der Waals surface area contributed by atoms with Crippen molar-refractivity contribution < 1.29 is 0 Å². The molecule has 258 valence electrons. The minimum absolute atomic E-state index is 0.0897. The standard InChI is InChI=1S/C53H36N2/c1-53(2)48-29-25-36(30-46(48)45-26-24-33-14-6-9-19-39(33)51(45)53)38-27-28-44(42-22-12-10-21-41(38)42)49-32-50(55-52(54-49)34-15-4-3-5-16-34)47-31-35-17-7-8-18-37(35)40-20-11-13-23-43(40)47/h3-32H,1-2H3. The smallest absolute Gasteiger partial charge is 0.160 e. The van der Waals surface area contributed by atoms with Crippen molar-refractivity contribution in [2.24, 2.45) is 0 Å². The van der Waals surface area contributed by atoms with Crippen LogP contribution in [0.3, 0.4) is 0 Å². The monoisotopic (exact) mass is 700 g/mol. The van der Waals surface area contributed by atoms with E-state index in [-0.39, 0.29) is 5.41 Å². The zero-order valence-corrected chi connectivity index (χ0v) is 30.7. The molecule has 10 aromatic rings. The van der Waals surface area contributed by atoms with Crippen LogP contribution in [0, 0.1) is 0 Å². The molecule has 1 aromatic heterocycles. The third-order valence-electron chi connectivity index (χ3n) is 11.9. The molecule has 1 aliphatic carbocycles. The van der Waals surface area contributed by atoms with Gasteiger partial charge < -0.3 is 0 Å². The summed E-state index contributed by atoms with van der Waals surface area (Å²) in [5, 5.41) is 9.84. The van der Waals surface area contributed by atoms with Crippen LogP contribution in [0.15, 0.2) is 182 Å². The number of hydrogen-bond acceptors (Lipinski definition) is 2. The fraction of sp³-hybridized carbons (Fsp3) is 0.0566. The van der Waals surface area contributed by atoms with E-state index in [1.807, 2.05) is 6.07 Å². The Hall–Kier alpha value is -6.90. The molecule has 1 aliphatic rings. The maximum Gasteiger partial charge on any atom is 0.160 e. The largest absolute Gasteiger partial charge is 0.228 e. The maximum atomic E-state index is 5.30. The molecule has 55 heavy (non-hydrogen) atoms. The topological polar surface area (TPSA) is 25.8 Å². The summed E-state index contributed by atoms with van der Waals surface area (Å²) in [6.07, 6.45) is 0. The fourth-order valence-electron chi connectivity index (χ4n) is 9.26. The molecule has 2 heteroatoms. The summed E-state index contributed by atoms with van der Waals surface area (Å²) in [6, 6.07) is 65.9. The Morgan fingerprint density at radius 3 is 1.67 bits per heavy atom. The molecular weight excluding hydrogens is 665 g/mol. The van der Waals surface area contributed by atoms with Gasteiger partial charge in [0.05, 0.1) is 11.4 Å². The lowest BCUT2D eigenvalue weighted by atomic mass is 9.80. The van der Waals surface area contributed by atoms with Gasteiger partial charge >= 0.3 is 0 Å². The molecule has 0 fully saturated rings. The summed E-state index contributed by atoms with van der Waals surface area (Å²) in [5.74, 6) is 0.714. The molecule has 0 radical (unpaired) electrons. The van der Waals surface area contributed by atoms with Gasteiger partial charge in [0.25, 0.3) is 0 Å². The van der Waals surface area contributed by atoms with Gasteiger partial charge in [0.15, 0.2) is 5.82 Å². The van der Waals surface area contributed by atoms with Crippen LogP contribution < -0.4 is 0 Å². The highest BCUT2D eigenvalue weighted by Gasteiger charge is 2.37. The average molecular weight is 701 g/mol. The molecular formula is C53H36N2. The van der Waals surface area contributed by atoms with E-state index in [0.29, 0.717) is 5.82 Å². The van der Waals surface area contributed by atoms with Gasteiger partial charge in [-0.3, -0.25) is 0 Å². The number of nitrogens with zero attached hydrogens (tertiary/aromatic N) is 2. The van der Waals surface area contributed by atoms with Crippen molar-refractivity contribution >= 4 is 43.1 Å². The second kappa shape index (κ2) is 12.1. The summed E-state index contributed by atoms with van der Waals surface area (Å²) in [4.78, 5) is 10.6. The van der Waals surface area contributed by atoms with Crippen LogP contribution in [0.2, 0.25) is 0 Å². The van der Waals surface area contributed by atoms with Gasteiger partial charge in [-0.25, -0.2) is 9.97 Å². The van der Waals surface area contributed by atoms with Crippen molar-refractivity contribution in [2.75, 3.05) is 0 Å². The van der Waals surface area contributed by atoms with Crippen LogP contribution in [0.1, 0.15) is 25.0 Å². The molecule has 0 spiro atoms. The Morgan fingerprint density at radius 2 is 0.909 bits per heavy atom. The van der Waals surface area contributed by atoms with Crippen molar-refractivity contribution in [3.63, 3.8) is 0 Å². The van der Waals surface area contributed by atoms with E-state index in [1.54, 1.807) is 0 Å². The third kappa shape index (κ3) is 4.88. The molecule has 0 amide bonds. The minimum atomic E-state index is -0.0897. The normalized spacial score (nSPS) is 13.1. The van der Waals surface area contributed by atoms with Gasteiger partial charge in [-0.15, -0.1) is 0 Å². The minimum Gasteiger partial charge on any atom is -0.228 e. The molecule has 0 bridgehead atoms. The highest BCUT2D eigenvalue weighted by atomic mass is 14.9. The van der Waals surface area contributed by atoms with E-state index in [9.17, 15) is 0 Å². The van der Waals surface area contributed by atoms with Gasteiger partial charge in [-0.05, 0) is 94.7 Å². The summed E-state index contributed by atoms with van der Waals surface area (Å²) in [5.41, 5.74) is 12.8. The molecule has 0 atom stereocenters. The Bertz CT molecular complexity index is 3170. The molecule has 0 saturated carbocycles. The molecule has 0 aliphatic heterocycles. The molecule has 2 nitrogen and oxygen atoms in total. The van der Waals surface area contributed by atoms with Gasteiger partial charge in [0.2, 0.25) is 0 Å². The lowest BCUT2D eigenvalue weighted by molar-refractivity contribution is 0.666. The van der Waals surface area contributed by atoms with E-state index < -0.39 is 0 Å². The molecule has 11 rings (SSSR count). The Kier molecular flexibility index (Phi) is 6.93. The number of rotatable bonds is 4. The number of benzene rings is 9. The SMILES string of the molecule is CC1(C)c2ccc(-c3ccc(-c4cc(-c5cc6ccccc6c6ccccc56)nc(-c5ccccc5)n4)c4ccccc34)cc2-c2ccc3ccccc3c21. The average Bonchev–Trinajstić information content (AvgIpc) is 3.48. The molecule has 1 heterocycles. The number of aromatic nitrogens is 2. The van der Waals surface area contributed by atoms with Crippen LogP contribution in [0.25, 0.3) is 99.2 Å². The lowest BCUT2D eigenvalue weighted by Crippen LogP contribution is -2.15. The predicted octanol–water partition coefficient (Wildman–Crippen LogP) is 14.1. The first-order chi connectivity index (χ1) is 27.0. The second-order valence-electron chi connectivity index (χ2n) is 15.3. The number of fused-ring (bicyclic) bond motifs is 9. The van der Waals surface area contributed by atoms with Crippen molar-refractivity contribution in [1.82, 2.24) is 9.97 Å². The van der Waals surface area contributed by atoms with Gasteiger partial charge in [0, 0.05) is 22.1 Å². The summed E-state index contributed by atoms with van der Waals surface area (Å²) >= 11 is 0. The maximum absolute atomic E-state index is 5.30. The van der Waals surface area contributed by atoms with Crippen LogP contribution in [-0.2, 0) is 5.41 Å². The van der Waals surface area contributed by atoms with E-state index in [1.165, 1.54) is 76.5 Å². The molecule has 0 N–H and O–H groups in total. The second-order valence-corrected chi connectivity index (χ2v) is 15.3. The van der Waals surface area contributed by atoms with E-state index in [2.05, 4.69) is 190 Å². The first-order valence-electron chi connectivity index (χ1n) is 19.1.